The average Bonchev–Trinajstić information content (AvgIpc) is 2.24. The summed E-state index contributed by atoms with van der Waals surface area (Å²) in [6.07, 6.45) is 0.969. The standard InChI is InChI=1S/C4H11NO.2C2H6.CH3N/c1-6-4-2-3-5;3*1-2/h2-5H2,1H3;2*1-2H3;2H,1H2. The Morgan fingerprint density at radius 2 is 1.50 bits per heavy atom. The predicted octanol–water partition coefficient (Wildman–Crippen LogP) is 2.30. The van der Waals surface area contributed by atoms with E-state index in [1.807, 2.05) is 27.7 Å². The molecule has 0 aromatic rings. The summed E-state index contributed by atoms with van der Waals surface area (Å²) in [4.78, 5) is 0. The maximum absolute atomic E-state index is 5.50. The Balaban J connectivity index is -0.0000000453. The molecule has 0 atom stereocenters. The minimum atomic E-state index is 0.730. The van der Waals surface area contributed by atoms with Crippen molar-refractivity contribution in [3.8, 4) is 0 Å². The number of nitrogens with one attached hydrogen (secondary N) is 1. The summed E-state index contributed by atoms with van der Waals surface area (Å²) in [5, 5.41) is 5.50. The topological polar surface area (TPSA) is 59.1 Å². The second-order valence-electron chi connectivity index (χ2n) is 1.14. The molecule has 0 heterocycles. The molecule has 0 amide bonds. The molecule has 3 N–H and O–H groups in total. The monoisotopic (exact) mass is 178 g/mol. The van der Waals surface area contributed by atoms with Crippen molar-refractivity contribution < 1.29 is 4.74 Å². The molecule has 0 spiro atoms. The third-order valence-electron chi connectivity index (χ3n) is 0.553. The average molecular weight is 178 g/mol. The number of methoxy groups -OCH3 is 1. The van der Waals surface area contributed by atoms with E-state index < -0.39 is 0 Å². The van der Waals surface area contributed by atoms with E-state index >= 15 is 0 Å². The van der Waals surface area contributed by atoms with Gasteiger partial charge in [0.15, 0.2) is 0 Å². The highest BCUT2D eigenvalue weighted by Gasteiger charge is 1.74. The lowest BCUT2D eigenvalue weighted by atomic mass is 10.5. The Kier molecular flexibility index (Phi) is 142. The van der Waals surface area contributed by atoms with Crippen LogP contribution in [0.4, 0.5) is 0 Å². The van der Waals surface area contributed by atoms with E-state index in [1.54, 1.807) is 7.11 Å². The van der Waals surface area contributed by atoms with E-state index in [0.717, 1.165) is 19.6 Å². The van der Waals surface area contributed by atoms with Gasteiger partial charge in [-0.15, -0.1) is 0 Å². The molecule has 0 unspecified atom stereocenters. The van der Waals surface area contributed by atoms with Gasteiger partial charge < -0.3 is 15.9 Å². The fourth-order valence-corrected chi connectivity index (χ4v) is 0.228. The van der Waals surface area contributed by atoms with Crippen LogP contribution < -0.4 is 5.73 Å². The van der Waals surface area contributed by atoms with Crippen LogP contribution in [0.2, 0.25) is 0 Å². The predicted molar refractivity (Wildman–Crippen MR) is 58.1 cm³/mol. The van der Waals surface area contributed by atoms with Crippen LogP contribution in [0.3, 0.4) is 0 Å². The van der Waals surface area contributed by atoms with Crippen LogP contribution in [-0.4, -0.2) is 27.0 Å². The van der Waals surface area contributed by atoms with E-state index in [-0.39, 0.29) is 0 Å². The summed E-state index contributed by atoms with van der Waals surface area (Å²) in [5.41, 5.74) is 5.13. The van der Waals surface area contributed by atoms with Gasteiger partial charge in [0.1, 0.15) is 0 Å². The molecule has 0 aliphatic heterocycles. The second kappa shape index (κ2) is 75.6. The molecule has 12 heavy (non-hydrogen) atoms. The van der Waals surface area contributed by atoms with Gasteiger partial charge in [-0.05, 0) is 19.7 Å². The first-order valence-corrected chi connectivity index (χ1v) is 4.46. The molecule has 0 aliphatic carbocycles. The third-order valence-corrected chi connectivity index (χ3v) is 0.553. The molecular formula is C9H26N2O. The van der Waals surface area contributed by atoms with E-state index in [1.165, 1.54) is 0 Å². The van der Waals surface area contributed by atoms with Crippen molar-refractivity contribution in [2.75, 3.05) is 20.3 Å². The fraction of sp³-hybridized carbons (Fsp3) is 0.889. The van der Waals surface area contributed by atoms with Crippen LogP contribution in [0.25, 0.3) is 0 Å². The largest absolute Gasteiger partial charge is 0.385 e. The Bertz CT molecular complexity index is 31.7. The van der Waals surface area contributed by atoms with Crippen molar-refractivity contribution in [1.82, 2.24) is 0 Å². The molecule has 0 bridgehead atoms. The summed E-state index contributed by atoms with van der Waals surface area (Å²) >= 11 is 0. The molecule has 78 valence electrons. The molecule has 0 aromatic heterocycles. The van der Waals surface area contributed by atoms with Crippen molar-refractivity contribution in [2.45, 2.75) is 34.1 Å². The van der Waals surface area contributed by atoms with Crippen LogP contribution in [0.15, 0.2) is 0 Å². The summed E-state index contributed by atoms with van der Waals surface area (Å²) < 4.78 is 4.70. The molecule has 3 nitrogen and oxygen atoms in total. The Morgan fingerprint density at radius 3 is 1.58 bits per heavy atom. The van der Waals surface area contributed by atoms with Gasteiger partial charge in [0.05, 0.1) is 0 Å². The molecule has 0 aromatic carbocycles. The van der Waals surface area contributed by atoms with E-state index in [2.05, 4.69) is 6.72 Å². The zero-order valence-electron chi connectivity index (χ0n) is 9.31. The van der Waals surface area contributed by atoms with Crippen LogP contribution in [0.1, 0.15) is 34.1 Å². The van der Waals surface area contributed by atoms with Gasteiger partial charge >= 0.3 is 0 Å². The van der Waals surface area contributed by atoms with Crippen molar-refractivity contribution in [1.29, 1.82) is 5.41 Å². The molecular weight excluding hydrogens is 152 g/mol. The number of hydrogen-bond acceptors (Lipinski definition) is 3. The number of nitrogens with two attached hydrogens (primary N) is 1. The normalized spacial score (nSPS) is 5.83. The van der Waals surface area contributed by atoms with Crippen molar-refractivity contribution in [2.24, 2.45) is 5.73 Å². The highest BCUT2D eigenvalue weighted by Crippen LogP contribution is 1.70. The molecule has 0 radical (unpaired) electrons. The highest BCUT2D eigenvalue weighted by atomic mass is 16.5. The fourth-order valence-electron chi connectivity index (χ4n) is 0.228. The lowest BCUT2D eigenvalue weighted by Crippen LogP contribution is -2.01. The van der Waals surface area contributed by atoms with Crippen LogP contribution in [0.5, 0.6) is 0 Å². The SMILES string of the molecule is C=N.CC.CC.COCCCN. The summed E-state index contributed by atoms with van der Waals surface area (Å²) in [6.45, 7) is 12.0. The van der Waals surface area contributed by atoms with Gasteiger partial charge in [0, 0.05) is 13.7 Å². The second-order valence-corrected chi connectivity index (χ2v) is 1.14. The van der Waals surface area contributed by atoms with E-state index in [0.29, 0.717) is 0 Å². The molecule has 0 fully saturated rings. The first-order chi connectivity index (χ1) is 5.91. The van der Waals surface area contributed by atoms with E-state index in [4.69, 9.17) is 15.9 Å². The molecule has 0 aliphatic rings. The van der Waals surface area contributed by atoms with Crippen molar-refractivity contribution >= 4 is 6.72 Å². The molecule has 0 saturated heterocycles. The molecule has 3 heteroatoms. The van der Waals surface area contributed by atoms with Gasteiger partial charge in [-0.3, -0.25) is 0 Å². The Hall–Kier alpha value is -0.410. The highest BCUT2D eigenvalue weighted by molar-refractivity contribution is 5.15. The van der Waals surface area contributed by atoms with Crippen LogP contribution >= 0.6 is 0 Å². The quantitative estimate of drug-likeness (QED) is 0.514. The summed E-state index contributed by atoms with van der Waals surface area (Å²) in [7, 11) is 1.68. The van der Waals surface area contributed by atoms with Gasteiger partial charge in [-0.25, -0.2) is 0 Å². The van der Waals surface area contributed by atoms with Crippen LogP contribution in [0, 0.1) is 5.41 Å². The maximum atomic E-state index is 5.50. The van der Waals surface area contributed by atoms with Gasteiger partial charge in [-0.2, -0.15) is 0 Å². The van der Waals surface area contributed by atoms with Crippen molar-refractivity contribution in [3.63, 3.8) is 0 Å². The minimum Gasteiger partial charge on any atom is -0.385 e. The Morgan fingerprint density at radius 1 is 1.17 bits per heavy atom. The lowest BCUT2D eigenvalue weighted by Gasteiger charge is -1.89. The lowest BCUT2D eigenvalue weighted by molar-refractivity contribution is 0.197. The maximum Gasteiger partial charge on any atom is 0.0474 e. The van der Waals surface area contributed by atoms with E-state index in [9.17, 15) is 0 Å². The minimum absolute atomic E-state index is 0.730. The van der Waals surface area contributed by atoms with Gasteiger partial charge in [0.25, 0.3) is 0 Å². The summed E-state index contributed by atoms with van der Waals surface area (Å²) in [5.74, 6) is 0. The smallest absolute Gasteiger partial charge is 0.0474 e. The van der Waals surface area contributed by atoms with Crippen LogP contribution in [-0.2, 0) is 4.74 Å². The number of hydrogen-bond donors (Lipinski definition) is 2. The first kappa shape index (κ1) is 22.6. The molecule has 0 rings (SSSR count). The number of ether oxygens (including phenoxy) is 1. The number of rotatable bonds is 3. The Labute approximate surface area is 77.8 Å². The van der Waals surface area contributed by atoms with Gasteiger partial charge in [0.2, 0.25) is 0 Å². The zero-order valence-corrected chi connectivity index (χ0v) is 9.31. The first-order valence-electron chi connectivity index (χ1n) is 4.46. The third kappa shape index (κ3) is 105. The zero-order chi connectivity index (χ0) is 10.8. The van der Waals surface area contributed by atoms with Crippen molar-refractivity contribution in [3.05, 3.63) is 0 Å². The summed E-state index contributed by atoms with van der Waals surface area (Å²) in [6, 6.07) is 0. The van der Waals surface area contributed by atoms with Gasteiger partial charge in [-0.1, -0.05) is 27.7 Å². The molecule has 0 saturated carbocycles.